The van der Waals surface area contributed by atoms with Crippen LogP contribution in [0.25, 0.3) is 43.8 Å². The molecule has 0 fully saturated rings. The zero-order valence-electron chi connectivity index (χ0n) is 14.7. The highest BCUT2D eigenvalue weighted by atomic mass is 127. The van der Waals surface area contributed by atoms with Gasteiger partial charge in [0.25, 0.3) is 0 Å². The van der Waals surface area contributed by atoms with Gasteiger partial charge in [0.05, 0.1) is 0 Å². The lowest BCUT2D eigenvalue weighted by molar-refractivity contribution is 1.63. The van der Waals surface area contributed by atoms with Crippen molar-refractivity contribution in [3.05, 3.63) is 107 Å². The third-order valence-corrected chi connectivity index (χ3v) is 6.09. The van der Waals surface area contributed by atoms with Crippen molar-refractivity contribution in [1.82, 2.24) is 0 Å². The maximum Gasteiger partial charge on any atom is 0.0209 e. The van der Waals surface area contributed by atoms with Gasteiger partial charge >= 0.3 is 0 Å². The number of hydrogen-bond acceptors (Lipinski definition) is 0. The molecule has 0 unspecified atom stereocenters. The van der Waals surface area contributed by atoms with Gasteiger partial charge in [-0.1, -0.05) is 91.0 Å². The standard InChI is InChI=1S/C26H17I/c27-26-16-15-23(18-7-2-1-3-8-18)25-17-20(13-14-24(25)26)22-12-6-10-19-9-4-5-11-21(19)22/h1-17H. The summed E-state index contributed by atoms with van der Waals surface area (Å²) in [7, 11) is 0. The van der Waals surface area contributed by atoms with Crippen LogP contribution in [0.5, 0.6) is 0 Å². The van der Waals surface area contributed by atoms with E-state index in [1.54, 1.807) is 0 Å². The van der Waals surface area contributed by atoms with E-state index in [9.17, 15) is 0 Å². The van der Waals surface area contributed by atoms with Gasteiger partial charge < -0.3 is 0 Å². The molecule has 0 nitrogen and oxygen atoms in total. The summed E-state index contributed by atoms with van der Waals surface area (Å²) in [6, 6.07) is 37.1. The quantitative estimate of drug-likeness (QED) is 0.237. The van der Waals surface area contributed by atoms with Gasteiger partial charge in [0.1, 0.15) is 0 Å². The van der Waals surface area contributed by atoms with Gasteiger partial charge in [-0.05, 0) is 78.5 Å². The molecule has 5 aromatic rings. The molecule has 0 amide bonds. The topological polar surface area (TPSA) is 0 Å². The van der Waals surface area contributed by atoms with Crippen molar-refractivity contribution in [3.63, 3.8) is 0 Å². The molecule has 27 heavy (non-hydrogen) atoms. The van der Waals surface area contributed by atoms with Crippen LogP contribution in [-0.2, 0) is 0 Å². The highest BCUT2D eigenvalue weighted by molar-refractivity contribution is 14.1. The van der Waals surface area contributed by atoms with Crippen LogP contribution >= 0.6 is 22.6 Å². The lowest BCUT2D eigenvalue weighted by atomic mass is 9.93. The van der Waals surface area contributed by atoms with Gasteiger partial charge in [-0.25, -0.2) is 0 Å². The summed E-state index contributed by atoms with van der Waals surface area (Å²) in [6.45, 7) is 0. The lowest BCUT2D eigenvalue weighted by Gasteiger charge is -2.12. The summed E-state index contributed by atoms with van der Waals surface area (Å²) >= 11 is 2.43. The van der Waals surface area contributed by atoms with E-state index in [1.807, 2.05) is 0 Å². The molecule has 0 spiro atoms. The molecule has 0 atom stereocenters. The molecule has 1 heteroatoms. The summed E-state index contributed by atoms with van der Waals surface area (Å²) < 4.78 is 1.28. The first-order valence-electron chi connectivity index (χ1n) is 9.07. The second-order valence-electron chi connectivity index (χ2n) is 6.75. The van der Waals surface area contributed by atoms with Gasteiger partial charge in [-0.15, -0.1) is 0 Å². The molecule has 5 rings (SSSR count). The molecule has 128 valence electrons. The molecule has 5 aromatic carbocycles. The Hall–Kier alpha value is -2.65. The fraction of sp³-hybridized carbons (Fsp3) is 0. The van der Waals surface area contributed by atoms with Crippen molar-refractivity contribution >= 4 is 44.1 Å². The van der Waals surface area contributed by atoms with Gasteiger partial charge in [-0.2, -0.15) is 0 Å². The minimum absolute atomic E-state index is 1.26. The average molecular weight is 456 g/mol. The Labute approximate surface area is 172 Å². The molecule has 0 aliphatic heterocycles. The Bertz CT molecular complexity index is 1260. The molecule has 0 aliphatic rings. The van der Waals surface area contributed by atoms with Crippen LogP contribution < -0.4 is 0 Å². The van der Waals surface area contributed by atoms with E-state index in [-0.39, 0.29) is 0 Å². The number of rotatable bonds is 2. The van der Waals surface area contributed by atoms with Crippen LogP contribution in [-0.4, -0.2) is 0 Å². The summed E-state index contributed by atoms with van der Waals surface area (Å²) in [5.74, 6) is 0. The molecule has 0 saturated carbocycles. The zero-order valence-corrected chi connectivity index (χ0v) is 16.9. The smallest absolute Gasteiger partial charge is 0.0209 e. The highest BCUT2D eigenvalue weighted by Crippen LogP contribution is 2.36. The van der Waals surface area contributed by atoms with E-state index in [0.29, 0.717) is 0 Å². The second kappa shape index (κ2) is 6.82. The summed E-state index contributed by atoms with van der Waals surface area (Å²) in [4.78, 5) is 0. The number of hydrogen-bond donors (Lipinski definition) is 0. The Morgan fingerprint density at radius 2 is 1.19 bits per heavy atom. The fourth-order valence-corrected chi connectivity index (χ4v) is 4.48. The van der Waals surface area contributed by atoms with Gasteiger partial charge in [0, 0.05) is 3.57 Å². The Balaban J connectivity index is 1.80. The zero-order chi connectivity index (χ0) is 18.2. The average Bonchev–Trinajstić information content (AvgIpc) is 2.74. The minimum atomic E-state index is 1.26. The van der Waals surface area contributed by atoms with Crippen LogP contribution in [0.2, 0.25) is 0 Å². The number of halogens is 1. The van der Waals surface area contributed by atoms with Crippen molar-refractivity contribution in [2.45, 2.75) is 0 Å². The van der Waals surface area contributed by atoms with Crippen molar-refractivity contribution < 1.29 is 0 Å². The van der Waals surface area contributed by atoms with Crippen LogP contribution in [0.1, 0.15) is 0 Å². The predicted molar refractivity (Wildman–Crippen MR) is 125 cm³/mol. The van der Waals surface area contributed by atoms with Crippen LogP contribution in [0.4, 0.5) is 0 Å². The maximum absolute atomic E-state index is 2.43. The monoisotopic (exact) mass is 456 g/mol. The molecule has 0 aliphatic carbocycles. The first-order chi connectivity index (χ1) is 13.3. The molecule has 0 aromatic heterocycles. The van der Waals surface area contributed by atoms with E-state index < -0.39 is 0 Å². The summed E-state index contributed by atoms with van der Waals surface area (Å²) in [5, 5.41) is 5.19. The summed E-state index contributed by atoms with van der Waals surface area (Å²) in [5.41, 5.74) is 5.09. The highest BCUT2D eigenvalue weighted by Gasteiger charge is 2.10. The lowest BCUT2D eigenvalue weighted by Crippen LogP contribution is -1.87. The fourth-order valence-electron chi connectivity index (χ4n) is 3.83. The van der Waals surface area contributed by atoms with Gasteiger partial charge in [0.15, 0.2) is 0 Å². The van der Waals surface area contributed by atoms with Gasteiger partial charge in [-0.3, -0.25) is 0 Å². The van der Waals surface area contributed by atoms with E-state index >= 15 is 0 Å². The number of fused-ring (bicyclic) bond motifs is 2. The molecule has 0 N–H and O–H groups in total. The molecule has 0 heterocycles. The largest absolute Gasteiger partial charge is 0.0622 e. The van der Waals surface area contributed by atoms with E-state index in [0.717, 1.165) is 0 Å². The molecular weight excluding hydrogens is 439 g/mol. The van der Waals surface area contributed by atoms with Crippen LogP contribution in [0.15, 0.2) is 103 Å². The third-order valence-electron chi connectivity index (χ3n) is 5.15. The van der Waals surface area contributed by atoms with Crippen molar-refractivity contribution in [1.29, 1.82) is 0 Å². The maximum atomic E-state index is 2.43. The minimum Gasteiger partial charge on any atom is -0.0622 e. The van der Waals surface area contributed by atoms with Crippen LogP contribution in [0.3, 0.4) is 0 Å². The predicted octanol–water partition coefficient (Wildman–Crippen LogP) is 7.93. The SMILES string of the molecule is Ic1ccc(-c2ccccc2)c2cc(-c3cccc4ccccc34)ccc12. The van der Waals surface area contributed by atoms with Gasteiger partial charge in [0.2, 0.25) is 0 Å². The van der Waals surface area contributed by atoms with E-state index in [1.165, 1.54) is 47.4 Å². The second-order valence-corrected chi connectivity index (χ2v) is 7.91. The Morgan fingerprint density at radius 3 is 2.07 bits per heavy atom. The molecule has 0 bridgehead atoms. The molecular formula is C26H17I. The van der Waals surface area contributed by atoms with Crippen molar-refractivity contribution in [2.75, 3.05) is 0 Å². The first kappa shape index (κ1) is 16.5. The van der Waals surface area contributed by atoms with E-state index in [4.69, 9.17) is 0 Å². The Morgan fingerprint density at radius 1 is 0.444 bits per heavy atom. The molecule has 0 radical (unpaired) electrons. The normalized spacial score (nSPS) is 11.1. The first-order valence-corrected chi connectivity index (χ1v) is 10.1. The van der Waals surface area contributed by atoms with E-state index in [2.05, 4.69) is 126 Å². The van der Waals surface area contributed by atoms with Crippen LogP contribution in [0, 0.1) is 3.57 Å². The van der Waals surface area contributed by atoms with Crippen molar-refractivity contribution in [2.24, 2.45) is 0 Å². The number of benzene rings is 5. The molecule has 0 saturated heterocycles. The van der Waals surface area contributed by atoms with Crippen molar-refractivity contribution in [3.8, 4) is 22.3 Å². The Kier molecular flexibility index (Phi) is 4.17. The summed E-state index contributed by atoms with van der Waals surface area (Å²) in [6.07, 6.45) is 0. The third kappa shape index (κ3) is 2.92.